The summed E-state index contributed by atoms with van der Waals surface area (Å²) in [5.74, 6) is 0. The minimum Gasteiger partial charge on any atom is -0.381 e. The Hall–Kier alpha value is -0.380. The fourth-order valence-corrected chi connectivity index (χ4v) is 1.80. The first-order valence-corrected chi connectivity index (χ1v) is 5.47. The van der Waals surface area contributed by atoms with Crippen molar-refractivity contribution in [2.75, 3.05) is 26.3 Å². The van der Waals surface area contributed by atoms with Gasteiger partial charge in [-0.3, -0.25) is 0 Å². The highest BCUT2D eigenvalue weighted by Gasteiger charge is 2.29. The highest BCUT2D eigenvalue weighted by Crippen LogP contribution is 2.19. The number of hydrogen-bond acceptors (Lipinski definition) is 3. The van der Waals surface area contributed by atoms with E-state index in [9.17, 15) is 0 Å². The lowest BCUT2D eigenvalue weighted by molar-refractivity contribution is 0.0418. The zero-order chi connectivity index (χ0) is 10.3. The minimum atomic E-state index is 0.139. The van der Waals surface area contributed by atoms with Gasteiger partial charge in [0.1, 0.15) is 0 Å². The molecular formula is C11H22N2O. The summed E-state index contributed by atoms with van der Waals surface area (Å²) in [4.78, 5) is 0. The summed E-state index contributed by atoms with van der Waals surface area (Å²) >= 11 is 0. The molecule has 0 amide bonds. The third-order valence-electron chi connectivity index (χ3n) is 2.89. The molecule has 82 valence electrons. The van der Waals surface area contributed by atoms with Crippen LogP contribution in [0, 0.1) is 0 Å². The molecule has 1 fully saturated rings. The van der Waals surface area contributed by atoms with Gasteiger partial charge in [-0.25, -0.2) is 0 Å². The van der Waals surface area contributed by atoms with Crippen molar-refractivity contribution in [3.8, 4) is 0 Å². The monoisotopic (exact) mass is 198 g/mol. The van der Waals surface area contributed by atoms with Crippen molar-refractivity contribution in [2.24, 2.45) is 5.73 Å². The maximum absolute atomic E-state index is 5.82. The Morgan fingerprint density at radius 1 is 1.43 bits per heavy atom. The van der Waals surface area contributed by atoms with Crippen LogP contribution in [0.4, 0.5) is 0 Å². The van der Waals surface area contributed by atoms with Gasteiger partial charge in [0.25, 0.3) is 0 Å². The molecule has 0 spiro atoms. The summed E-state index contributed by atoms with van der Waals surface area (Å²) in [6.45, 7) is 5.46. The number of hydrogen-bond donors (Lipinski definition) is 2. The van der Waals surface area contributed by atoms with Gasteiger partial charge < -0.3 is 15.8 Å². The van der Waals surface area contributed by atoms with Crippen LogP contribution < -0.4 is 11.1 Å². The normalized spacial score (nSPS) is 21.6. The molecule has 1 aliphatic rings. The topological polar surface area (TPSA) is 47.3 Å². The van der Waals surface area contributed by atoms with E-state index in [1.165, 1.54) is 0 Å². The van der Waals surface area contributed by atoms with Crippen LogP contribution in [0.3, 0.4) is 0 Å². The standard InChI is InChI=1S/C11H22N2O/c1-2-3-4-7-13-11(10-12)5-8-14-9-6-11/h2-3,13H,4-10,12H2,1H3/b3-2+. The van der Waals surface area contributed by atoms with E-state index >= 15 is 0 Å². The summed E-state index contributed by atoms with van der Waals surface area (Å²) in [6.07, 6.45) is 7.43. The van der Waals surface area contributed by atoms with E-state index in [0.717, 1.165) is 39.0 Å². The molecule has 0 radical (unpaired) electrons. The second kappa shape index (κ2) is 6.17. The molecule has 0 aliphatic carbocycles. The van der Waals surface area contributed by atoms with Gasteiger partial charge in [-0.2, -0.15) is 0 Å². The molecule has 0 aromatic carbocycles. The van der Waals surface area contributed by atoms with Crippen LogP contribution in [0.1, 0.15) is 26.2 Å². The van der Waals surface area contributed by atoms with E-state index in [1.807, 2.05) is 6.92 Å². The van der Waals surface area contributed by atoms with Crippen molar-refractivity contribution >= 4 is 0 Å². The van der Waals surface area contributed by atoms with Crippen molar-refractivity contribution in [3.63, 3.8) is 0 Å². The molecule has 1 saturated heterocycles. The second-order valence-corrected chi connectivity index (χ2v) is 3.88. The molecule has 3 N–H and O–H groups in total. The Morgan fingerprint density at radius 3 is 2.71 bits per heavy atom. The number of nitrogens with one attached hydrogen (secondary N) is 1. The van der Waals surface area contributed by atoms with Crippen LogP contribution in [0.15, 0.2) is 12.2 Å². The first-order valence-electron chi connectivity index (χ1n) is 5.47. The Bertz CT molecular complexity index is 174. The summed E-state index contributed by atoms with van der Waals surface area (Å²) in [6, 6.07) is 0. The van der Waals surface area contributed by atoms with Crippen molar-refractivity contribution in [2.45, 2.75) is 31.7 Å². The molecule has 0 atom stereocenters. The first kappa shape index (κ1) is 11.7. The van der Waals surface area contributed by atoms with Gasteiger partial charge in [-0.1, -0.05) is 12.2 Å². The molecule has 1 aliphatic heterocycles. The predicted octanol–water partition coefficient (Wildman–Crippen LogP) is 1.05. The average molecular weight is 198 g/mol. The molecule has 0 aromatic heterocycles. The molecule has 3 heteroatoms. The van der Waals surface area contributed by atoms with Gasteiger partial charge in [0, 0.05) is 25.3 Å². The zero-order valence-corrected chi connectivity index (χ0v) is 9.09. The molecule has 0 bridgehead atoms. The Balaban J connectivity index is 2.28. The zero-order valence-electron chi connectivity index (χ0n) is 9.09. The van der Waals surface area contributed by atoms with Crippen LogP contribution in [0.5, 0.6) is 0 Å². The van der Waals surface area contributed by atoms with E-state index < -0.39 is 0 Å². The Morgan fingerprint density at radius 2 is 2.14 bits per heavy atom. The maximum atomic E-state index is 5.82. The minimum absolute atomic E-state index is 0.139. The third kappa shape index (κ3) is 3.40. The Kier molecular flexibility index (Phi) is 5.15. The lowest BCUT2D eigenvalue weighted by atomic mass is 9.90. The van der Waals surface area contributed by atoms with E-state index in [0.29, 0.717) is 6.54 Å². The maximum Gasteiger partial charge on any atom is 0.0484 e. The number of nitrogens with two attached hydrogens (primary N) is 1. The van der Waals surface area contributed by atoms with Crippen molar-refractivity contribution in [1.82, 2.24) is 5.32 Å². The molecule has 1 rings (SSSR count). The molecule has 3 nitrogen and oxygen atoms in total. The number of rotatable bonds is 5. The van der Waals surface area contributed by atoms with Crippen molar-refractivity contribution < 1.29 is 4.74 Å². The predicted molar refractivity (Wildman–Crippen MR) is 59.3 cm³/mol. The molecule has 1 heterocycles. The van der Waals surface area contributed by atoms with Crippen LogP contribution in [-0.4, -0.2) is 31.8 Å². The van der Waals surface area contributed by atoms with Crippen molar-refractivity contribution in [1.29, 1.82) is 0 Å². The summed E-state index contributed by atoms with van der Waals surface area (Å²) in [7, 11) is 0. The number of ether oxygens (including phenoxy) is 1. The summed E-state index contributed by atoms with van der Waals surface area (Å²) < 4.78 is 5.34. The van der Waals surface area contributed by atoms with Gasteiger partial charge in [0.2, 0.25) is 0 Å². The van der Waals surface area contributed by atoms with Gasteiger partial charge >= 0.3 is 0 Å². The highest BCUT2D eigenvalue weighted by atomic mass is 16.5. The lowest BCUT2D eigenvalue weighted by Gasteiger charge is -2.37. The van der Waals surface area contributed by atoms with E-state index in [4.69, 9.17) is 10.5 Å². The Labute approximate surface area is 86.7 Å². The first-order chi connectivity index (χ1) is 6.83. The number of allylic oxidation sites excluding steroid dienone is 1. The van der Waals surface area contributed by atoms with Gasteiger partial charge in [0.05, 0.1) is 0 Å². The van der Waals surface area contributed by atoms with Crippen LogP contribution in [0.2, 0.25) is 0 Å². The van der Waals surface area contributed by atoms with Gasteiger partial charge in [-0.05, 0) is 32.7 Å². The van der Waals surface area contributed by atoms with E-state index in [-0.39, 0.29) is 5.54 Å². The van der Waals surface area contributed by atoms with Crippen LogP contribution >= 0.6 is 0 Å². The van der Waals surface area contributed by atoms with Gasteiger partial charge in [0.15, 0.2) is 0 Å². The largest absolute Gasteiger partial charge is 0.381 e. The SMILES string of the molecule is C/C=C/CCNC1(CN)CCOCC1. The average Bonchev–Trinajstić information content (AvgIpc) is 2.26. The molecule has 0 unspecified atom stereocenters. The summed E-state index contributed by atoms with van der Waals surface area (Å²) in [5.41, 5.74) is 5.96. The second-order valence-electron chi connectivity index (χ2n) is 3.88. The van der Waals surface area contributed by atoms with E-state index in [1.54, 1.807) is 0 Å². The molecule has 0 saturated carbocycles. The van der Waals surface area contributed by atoms with Crippen LogP contribution in [0.25, 0.3) is 0 Å². The van der Waals surface area contributed by atoms with Gasteiger partial charge in [-0.15, -0.1) is 0 Å². The molecular weight excluding hydrogens is 176 g/mol. The van der Waals surface area contributed by atoms with E-state index in [2.05, 4.69) is 17.5 Å². The smallest absolute Gasteiger partial charge is 0.0484 e. The quantitative estimate of drug-likeness (QED) is 0.513. The molecule has 14 heavy (non-hydrogen) atoms. The van der Waals surface area contributed by atoms with Crippen LogP contribution in [-0.2, 0) is 4.74 Å². The fourth-order valence-electron chi connectivity index (χ4n) is 1.80. The summed E-state index contributed by atoms with van der Waals surface area (Å²) in [5, 5.41) is 3.56. The highest BCUT2D eigenvalue weighted by molar-refractivity contribution is 4.92. The fraction of sp³-hybridized carbons (Fsp3) is 0.818. The van der Waals surface area contributed by atoms with Crippen molar-refractivity contribution in [3.05, 3.63) is 12.2 Å². The molecule has 0 aromatic rings. The lowest BCUT2D eigenvalue weighted by Crippen LogP contribution is -2.54. The third-order valence-corrected chi connectivity index (χ3v) is 2.89.